The van der Waals surface area contributed by atoms with Gasteiger partial charge in [-0.1, -0.05) is 0 Å². The van der Waals surface area contributed by atoms with Gasteiger partial charge >= 0.3 is 0 Å². The maximum absolute atomic E-state index is 5.70. The Balaban J connectivity index is 1.91. The third-order valence-electron chi connectivity index (χ3n) is 3.05. The predicted octanol–water partition coefficient (Wildman–Crippen LogP) is 2.24. The fraction of sp³-hybridized carbons (Fsp3) is 0.571. The molecule has 0 aliphatic carbocycles. The molecular weight excluding hydrogens is 248 g/mol. The maximum Gasteiger partial charge on any atom is 0.168 e. The van der Waals surface area contributed by atoms with Gasteiger partial charge in [-0.05, 0) is 6.92 Å². The maximum atomic E-state index is 5.70. The molecule has 0 saturated carbocycles. The zero-order valence-electron chi connectivity index (χ0n) is 11.6. The van der Waals surface area contributed by atoms with Crippen LogP contribution in [0.5, 0.6) is 17.2 Å². The van der Waals surface area contributed by atoms with Crippen molar-refractivity contribution in [2.45, 2.75) is 19.1 Å². The summed E-state index contributed by atoms with van der Waals surface area (Å²) >= 11 is 0. The van der Waals surface area contributed by atoms with Crippen molar-refractivity contribution in [2.75, 3.05) is 34.0 Å². The van der Waals surface area contributed by atoms with Crippen LogP contribution in [0.25, 0.3) is 0 Å². The lowest BCUT2D eigenvalue weighted by Crippen LogP contribution is -2.27. The lowest BCUT2D eigenvalue weighted by Gasteiger charge is -2.22. The van der Waals surface area contributed by atoms with E-state index in [1.165, 1.54) is 0 Å². The standard InChI is InChI=1S/C14H20O5/c1-14(18-6-7-19-14)4-5-17-13-9-11(15-2)8-12(10-13)16-3/h8-10H,4-7H2,1-3H3. The lowest BCUT2D eigenvalue weighted by atomic mass is 10.2. The van der Waals surface area contributed by atoms with Crippen LogP contribution in [0.4, 0.5) is 0 Å². The second kappa shape index (κ2) is 6.12. The Bertz CT molecular complexity index is 390. The van der Waals surface area contributed by atoms with Gasteiger partial charge < -0.3 is 23.7 Å². The first-order valence-electron chi connectivity index (χ1n) is 6.29. The Morgan fingerprint density at radius 3 is 2.05 bits per heavy atom. The average Bonchev–Trinajstić information content (AvgIpc) is 2.85. The summed E-state index contributed by atoms with van der Waals surface area (Å²) in [5, 5.41) is 0. The molecule has 106 valence electrons. The molecule has 1 saturated heterocycles. The Labute approximate surface area is 113 Å². The largest absolute Gasteiger partial charge is 0.496 e. The zero-order valence-corrected chi connectivity index (χ0v) is 11.6. The van der Waals surface area contributed by atoms with Crippen molar-refractivity contribution in [1.29, 1.82) is 0 Å². The van der Waals surface area contributed by atoms with Gasteiger partial charge in [0.05, 0.1) is 34.0 Å². The topological polar surface area (TPSA) is 46.2 Å². The second-order valence-electron chi connectivity index (χ2n) is 4.48. The smallest absolute Gasteiger partial charge is 0.168 e. The summed E-state index contributed by atoms with van der Waals surface area (Å²) in [6, 6.07) is 5.44. The Hall–Kier alpha value is -1.46. The normalized spacial score (nSPS) is 17.2. The molecule has 1 aromatic carbocycles. The average molecular weight is 268 g/mol. The van der Waals surface area contributed by atoms with Crippen LogP contribution in [0.15, 0.2) is 18.2 Å². The third kappa shape index (κ3) is 3.75. The van der Waals surface area contributed by atoms with Crippen LogP contribution in [0.1, 0.15) is 13.3 Å². The molecule has 1 fully saturated rings. The summed E-state index contributed by atoms with van der Waals surface area (Å²) in [6.45, 7) is 3.72. The Morgan fingerprint density at radius 1 is 1.00 bits per heavy atom. The van der Waals surface area contributed by atoms with Crippen LogP contribution in [-0.4, -0.2) is 39.8 Å². The highest BCUT2D eigenvalue weighted by Gasteiger charge is 2.30. The van der Waals surface area contributed by atoms with Crippen molar-refractivity contribution >= 4 is 0 Å². The van der Waals surface area contributed by atoms with E-state index in [-0.39, 0.29) is 0 Å². The van der Waals surface area contributed by atoms with Crippen LogP contribution in [0.3, 0.4) is 0 Å². The Kier molecular flexibility index (Phi) is 4.50. The zero-order chi connectivity index (χ0) is 13.7. The summed E-state index contributed by atoms with van der Waals surface area (Å²) in [6.07, 6.45) is 0.673. The van der Waals surface area contributed by atoms with Gasteiger partial charge in [-0.3, -0.25) is 0 Å². The summed E-state index contributed by atoms with van der Waals surface area (Å²) in [4.78, 5) is 0. The molecule has 0 radical (unpaired) electrons. The molecule has 0 bridgehead atoms. The van der Waals surface area contributed by atoms with Crippen molar-refractivity contribution in [1.82, 2.24) is 0 Å². The molecule has 1 aromatic rings. The van der Waals surface area contributed by atoms with Crippen LogP contribution >= 0.6 is 0 Å². The van der Waals surface area contributed by atoms with E-state index in [0.29, 0.717) is 43.5 Å². The molecule has 0 atom stereocenters. The molecule has 0 unspecified atom stereocenters. The first-order chi connectivity index (χ1) is 9.15. The minimum Gasteiger partial charge on any atom is -0.496 e. The molecule has 19 heavy (non-hydrogen) atoms. The predicted molar refractivity (Wildman–Crippen MR) is 70.0 cm³/mol. The van der Waals surface area contributed by atoms with Crippen LogP contribution in [0, 0.1) is 0 Å². The first kappa shape index (κ1) is 14.0. The van der Waals surface area contributed by atoms with E-state index >= 15 is 0 Å². The van der Waals surface area contributed by atoms with E-state index in [4.69, 9.17) is 23.7 Å². The van der Waals surface area contributed by atoms with Gasteiger partial charge in [-0.25, -0.2) is 0 Å². The lowest BCUT2D eigenvalue weighted by molar-refractivity contribution is -0.150. The highest BCUT2D eigenvalue weighted by molar-refractivity contribution is 5.41. The summed E-state index contributed by atoms with van der Waals surface area (Å²) in [7, 11) is 3.22. The van der Waals surface area contributed by atoms with Crippen LogP contribution < -0.4 is 14.2 Å². The Morgan fingerprint density at radius 2 is 1.53 bits per heavy atom. The van der Waals surface area contributed by atoms with Gasteiger partial charge in [0, 0.05) is 24.6 Å². The molecule has 0 amide bonds. The minimum absolute atomic E-state index is 0.507. The van der Waals surface area contributed by atoms with Crippen LogP contribution in [-0.2, 0) is 9.47 Å². The summed E-state index contributed by atoms with van der Waals surface area (Å²) in [5.74, 6) is 1.59. The van der Waals surface area contributed by atoms with Gasteiger partial charge in [-0.15, -0.1) is 0 Å². The molecule has 1 aliphatic rings. The van der Waals surface area contributed by atoms with Gasteiger partial charge in [0.15, 0.2) is 5.79 Å². The first-order valence-corrected chi connectivity index (χ1v) is 6.29. The van der Waals surface area contributed by atoms with Crippen LogP contribution in [0.2, 0.25) is 0 Å². The number of rotatable bonds is 6. The van der Waals surface area contributed by atoms with Crippen molar-refractivity contribution in [2.24, 2.45) is 0 Å². The van der Waals surface area contributed by atoms with Gasteiger partial charge in [-0.2, -0.15) is 0 Å². The van der Waals surface area contributed by atoms with E-state index in [2.05, 4.69) is 0 Å². The molecule has 0 N–H and O–H groups in total. The van der Waals surface area contributed by atoms with E-state index < -0.39 is 5.79 Å². The summed E-state index contributed by atoms with van der Waals surface area (Å²) in [5.41, 5.74) is 0. The minimum atomic E-state index is -0.525. The number of benzene rings is 1. The molecule has 2 rings (SSSR count). The quantitative estimate of drug-likeness (QED) is 0.791. The van der Waals surface area contributed by atoms with E-state index in [0.717, 1.165) is 0 Å². The SMILES string of the molecule is COc1cc(OC)cc(OCCC2(C)OCCO2)c1. The number of methoxy groups -OCH3 is 2. The van der Waals surface area contributed by atoms with Crippen molar-refractivity contribution in [3.63, 3.8) is 0 Å². The molecule has 5 heteroatoms. The van der Waals surface area contributed by atoms with Crippen molar-refractivity contribution in [3.05, 3.63) is 18.2 Å². The van der Waals surface area contributed by atoms with E-state index in [1.54, 1.807) is 20.3 Å². The van der Waals surface area contributed by atoms with E-state index in [1.807, 2.05) is 19.1 Å². The number of ether oxygens (including phenoxy) is 5. The number of hydrogen-bond donors (Lipinski definition) is 0. The molecule has 0 spiro atoms. The molecule has 0 aromatic heterocycles. The van der Waals surface area contributed by atoms with Gasteiger partial charge in [0.25, 0.3) is 0 Å². The highest BCUT2D eigenvalue weighted by atomic mass is 16.7. The highest BCUT2D eigenvalue weighted by Crippen LogP contribution is 2.28. The van der Waals surface area contributed by atoms with Gasteiger partial charge in [0.1, 0.15) is 17.2 Å². The molecule has 1 heterocycles. The van der Waals surface area contributed by atoms with E-state index in [9.17, 15) is 0 Å². The third-order valence-corrected chi connectivity index (χ3v) is 3.05. The monoisotopic (exact) mass is 268 g/mol. The van der Waals surface area contributed by atoms with Crippen molar-refractivity contribution < 1.29 is 23.7 Å². The second-order valence-corrected chi connectivity index (χ2v) is 4.48. The molecule has 1 aliphatic heterocycles. The molecule has 5 nitrogen and oxygen atoms in total. The summed E-state index contributed by atoms with van der Waals surface area (Å²) < 4.78 is 27.1. The number of hydrogen-bond acceptors (Lipinski definition) is 5. The fourth-order valence-electron chi connectivity index (χ4n) is 1.92. The van der Waals surface area contributed by atoms with Gasteiger partial charge in [0.2, 0.25) is 0 Å². The fourth-order valence-corrected chi connectivity index (χ4v) is 1.92. The molecular formula is C14H20O5. The van der Waals surface area contributed by atoms with Crippen molar-refractivity contribution in [3.8, 4) is 17.2 Å².